The standard InChI is InChI=1S/C15H21N5O2S/c1-11(15(21)16-8-12-4-3-7-23-12)20-5-6-22-13(9-20)14-18-17-10-19(14)2/h3-4,7,10-11,13H,5-6,8-9H2,1-2H3,(H,16,21). The smallest absolute Gasteiger partial charge is 0.237 e. The van der Waals surface area contributed by atoms with Gasteiger partial charge in [-0.15, -0.1) is 21.5 Å². The van der Waals surface area contributed by atoms with Crippen molar-refractivity contribution in [2.24, 2.45) is 7.05 Å². The van der Waals surface area contributed by atoms with Crippen LogP contribution in [0.3, 0.4) is 0 Å². The lowest BCUT2D eigenvalue weighted by Gasteiger charge is -2.35. The SMILES string of the molecule is CC(C(=O)NCc1cccs1)N1CCOC(c2nncn2C)C1. The number of thiophene rings is 1. The molecule has 2 aromatic rings. The summed E-state index contributed by atoms with van der Waals surface area (Å²) in [5.41, 5.74) is 0. The Bertz CT molecular complexity index is 642. The molecule has 3 heterocycles. The molecule has 0 saturated carbocycles. The summed E-state index contributed by atoms with van der Waals surface area (Å²) in [6, 6.07) is 3.81. The van der Waals surface area contributed by atoms with Crippen LogP contribution in [0.15, 0.2) is 23.8 Å². The van der Waals surface area contributed by atoms with Crippen LogP contribution < -0.4 is 5.32 Å². The van der Waals surface area contributed by atoms with Crippen LogP contribution in [0.25, 0.3) is 0 Å². The van der Waals surface area contributed by atoms with Crippen molar-refractivity contribution in [1.82, 2.24) is 25.0 Å². The lowest BCUT2D eigenvalue weighted by Crippen LogP contribution is -2.50. The molecule has 7 nitrogen and oxygen atoms in total. The summed E-state index contributed by atoms with van der Waals surface area (Å²) in [5, 5.41) is 13.0. The minimum atomic E-state index is -0.199. The largest absolute Gasteiger partial charge is 0.368 e. The van der Waals surface area contributed by atoms with Gasteiger partial charge in [-0.25, -0.2) is 0 Å². The van der Waals surface area contributed by atoms with E-state index >= 15 is 0 Å². The molecule has 1 aliphatic heterocycles. The molecule has 1 saturated heterocycles. The van der Waals surface area contributed by atoms with E-state index in [0.717, 1.165) is 17.2 Å². The van der Waals surface area contributed by atoms with E-state index < -0.39 is 0 Å². The Hall–Kier alpha value is -1.77. The van der Waals surface area contributed by atoms with Crippen molar-refractivity contribution < 1.29 is 9.53 Å². The molecule has 2 aromatic heterocycles. The van der Waals surface area contributed by atoms with E-state index in [9.17, 15) is 4.79 Å². The summed E-state index contributed by atoms with van der Waals surface area (Å²) < 4.78 is 7.64. The average Bonchev–Trinajstić information content (AvgIpc) is 3.23. The van der Waals surface area contributed by atoms with Crippen LogP contribution in [0, 0.1) is 0 Å². The minimum Gasteiger partial charge on any atom is -0.368 e. The molecule has 0 aromatic carbocycles. The number of hydrogen-bond acceptors (Lipinski definition) is 6. The van der Waals surface area contributed by atoms with Crippen molar-refractivity contribution in [3.8, 4) is 0 Å². The summed E-state index contributed by atoms with van der Waals surface area (Å²) in [6.07, 6.45) is 1.51. The van der Waals surface area contributed by atoms with Crippen LogP contribution in [0.4, 0.5) is 0 Å². The average molecular weight is 335 g/mol. The van der Waals surface area contributed by atoms with Crippen LogP contribution in [0.2, 0.25) is 0 Å². The highest BCUT2D eigenvalue weighted by Crippen LogP contribution is 2.21. The molecule has 3 rings (SSSR count). The predicted molar refractivity (Wildman–Crippen MR) is 86.9 cm³/mol. The Morgan fingerprint density at radius 3 is 3.17 bits per heavy atom. The monoisotopic (exact) mass is 335 g/mol. The van der Waals surface area contributed by atoms with Crippen molar-refractivity contribution in [1.29, 1.82) is 0 Å². The molecule has 1 aliphatic rings. The minimum absolute atomic E-state index is 0.0389. The molecule has 2 atom stereocenters. The van der Waals surface area contributed by atoms with Gasteiger partial charge in [-0.2, -0.15) is 0 Å². The Morgan fingerprint density at radius 1 is 1.61 bits per heavy atom. The fraction of sp³-hybridized carbons (Fsp3) is 0.533. The van der Waals surface area contributed by atoms with Crippen molar-refractivity contribution in [3.05, 3.63) is 34.5 Å². The number of nitrogens with one attached hydrogen (secondary N) is 1. The third kappa shape index (κ3) is 3.77. The summed E-state index contributed by atoms with van der Waals surface area (Å²) in [4.78, 5) is 15.7. The Morgan fingerprint density at radius 2 is 2.48 bits per heavy atom. The highest BCUT2D eigenvalue weighted by molar-refractivity contribution is 7.09. The van der Waals surface area contributed by atoms with E-state index in [-0.39, 0.29) is 18.1 Å². The molecule has 0 aliphatic carbocycles. The predicted octanol–water partition coefficient (Wildman–Crippen LogP) is 0.955. The number of nitrogens with zero attached hydrogens (tertiary/aromatic N) is 4. The first kappa shape index (κ1) is 16.1. The van der Waals surface area contributed by atoms with Crippen molar-refractivity contribution >= 4 is 17.2 Å². The summed E-state index contributed by atoms with van der Waals surface area (Å²) >= 11 is 1.65. The molecule has 1 fully saturated rings. The van der Waals surface area contributed by atoms with Crippen molar-refractivity contribution in [3.63, 3.8) is 0 Å². The fourth-order valence-corrected chi connectivity index (χ4v) is 3.31. The topological polar surface area (TPSA) is 72.3 Å². The van der Waals surface area contributed by atoms with Gasteiger partial charge in [0, 0.05) is 25.0 Å². The molecule has 0 radical (unpaired) electrons. The van der Waals surface area contributed by atoms with Crippen LogP contribution in [0.1, 0.15) is 23.7 Å². The van der Waals surface area contributed by atoms with Gasteiger partial charge in [0.2, 0.25) is 5.91 Å². The summed E-state index contributed by atoms with van der Waals surface area (Å²) in [5.74, 6) is 0.831. The van der Waals surface area contributed by atoms with Gasteiger partial charge in [0.05, 0.1) is 19.2 Å². The molecule has 2 unspecified atom stereocenters. The number of carbonyl (C=O) groups is 1. The Balaban J connectivity index is 1.57. The van der Waals surface area contributed by atoms with Crippen LogP contribution in [-0.2, 0) is 23.1 Å². The molecule has 1 amide bonds. The van der Waals surface area contributed by atoms with Crippen LogP contribution >= 0.6 is 11.3 Å². The zero-order valence-electron chi connectivity index (χ0n) is 13.3. The van der Waals surface area contributed by atoms with E-state index in [1.807, 2.05) is 36.1 Å². The van der Waals surface area contributed by atoms with E-state index in [1.165, 1.54) is 0 Å². The number of hydrogen-bond donors (Lipinski definition) is 1. The van der Waals surface area contributed by atoms with Crippen LogP contribution in [-0.4, -0.2) is 51.3 Å². The second-order valence-electron chi connectivity index (χ2n) is 5.63. The second kappa shape index (κ2) is 7.20. The van der Waals surface area contributed by atoms with E-state index in [2.05, 4.69) is 20.4 Å². The van der Waals surface area contributed by atoms with E-state index in [1.54, 1.807) is 17.7 Å². The second-order valence-corrected chi connectivity index (χ2v) is 6.66. The fourth-order valence-electron chi connectivity index (χ4n) is 2.66. The normalized spacial score (nSPS) is 20.3. The number of amides is 1. The lowest BCUT2D eigenvalue weighted by atomic mass is 10.2. The summed E-state index contributed by atoms with van der Waals surface area (Å²) in [7, 11) is 1.90. The highest BCUT2D eigenvalue weighted by atomic mass is 32.1. The van der Waals surface area contributed by atoms with Crippen molar-refractivity contribution in [2.45, 2.75) is 25.6 Å². The molecular formula is C15H21N5O2S. The molecular weight excluding hydrogens is 314 g/mol. The van der Waals surface area contributed by atoms with Gasteiger partial charge in [-0.05, 0) is 18.4 Å². The summed E-state index contributed by atoms with van der Waals surface area (Å²) in [6.45, 7) is 4.48. The number of morpholine rings is 1. The van der Waals surface area contributed by atoms with Crippen molar-refractivity contribution in [2.75, 3.05) is 19.7 Å². The number of aryl methyl sites for hydroxylation is 1. The third-order valence-electron chi connectivity index (χ3n) is 4.08. The zero-order chi connectivity index (χ0) is 16.2. The Kier molecular flexibility index (Phi) is 5.04. The number of ether oxygens (including phenoxy) is 1. The van der Waals surface area contributed by atoms with Gasteiger partial charge in [0.15, 0.2) is 5.82 Å². The van der Waals surface area contributed by atoms with Gasteiger partial charge in [0.1, 0.15) is 12.4 Å². The van der Waals surface area contributed by atoms with E-state index in [4.69, 9.17) is 4.74 Å². The molecule has 23 heavy (non-hydrogen) atoms. The van der Waals surface area contributed by atoms with Crippen LogP contribution in [0.5, 0.6) is 0 Å². The van der Waals surface area contributed by atoms with E-state index in [0.29, 0.717) is 19.7 Å². The van der Waals surface area contributed by atoms with Gasteiger partial charge in [-0.1, -0.05) is 6.07 Å². The number of rotatable bonds is 5. The molecule has 0 spiro atoms. The highest BCUT2D eigenvalue weighted by Gasteiger charge is 2.30. The third-order valence-corrected chi connectivity index (χ3v) is 4.95. The zero-order valence-corrected chi connectivity index (χ0v) is 14.1. The molecule has 8 heteroatoms. The van der Waals surface area contributed by atoms with Gasteiger partial charge >= 0.3 is 0 Å². The number of carbonyl (C=O) groups excluding carboxylic acids is 1. The maximum absolute atomic E-state index is 12.4. The first-order valence-electron chi connectivity index (χ1n) is 7.65. The molecule has 0 bridgehead atoms. The number of aromatic nitrogens is 3. The van der Waals surface area contributed by atoms with Gasteiger partial charge < -0.3 is 14.6 Å². The molecule has 124 valence electrons. The lowest BCUT2D eigenvalue weighted by molar-refractivity contribution is -0.129. The molecule has 1 N–H and O–H groups in total. The quantitative estimate of drug-likeness (QED) is 0.881. The van der Waals surface area contributed by atoms with Gasteiger partial charge in [-0.3, -0.25) is 9.69 Å². The van der Waals surface area contributed by atoms with Gasteiger partial charge in [0.25, 0.3) is 0 Å². The maximum Gasteiger partial charge on any atom is 0.237 e. The first-order chi connectivity index (χ1) is 11.1. The Labute approximate surface area is 139 Å². The maximum atomic E-state index is 12.4. The first-order valence-corrected chi connectivity index (χ1v) is 8.52.